The van der Waals surface area contributed by atoms with Gasteiger partial charge in [-0.1, -0.05) is 12.7 Å². The standard InChI is InChI=1S/C15H14N2O4S/c1-3-6-21-12-8-10(20-2)5-4-9(12)7-11-13(18)16-15(22)17-14(11)19/h3-5,7-8H,1,6H2,2H3,(H2,16,17,18,19,22). The zero-order valence-corrected chi connectivity index (χ0v) is 12.7. The molecule has 1 fully saturated rings. The van der Waals surface area contributed by atoms with E-state index < -0.39 is 11.8 Å². The average molecular weight is 318 g/mol. The van der Waals surface area contributed by atoms with Gasteiger partial charge in [0.2, 0.25) is 0 Å². The zero-order chi connectivity index (χ0) is 16.1. The van der Waals surface area contributed by atoms with Crippen LogP contribution in [0.5, 0.6) is 11.5 Å². The molecule has 0 bridgehead atoms. The number of rotatable bonds is 5. The number of amides is 2. The van der Waals surface area contributed by atoms with Gasteiger partial charge in [-0.15, -0.1) is 0 Å². The van der Waals surface area contributed by atoms with Crippen molar-refractivity contribution in [3.05, 3.63) is 42.0 Å². The van der Waals surface area contributed by atoms with Gasteiger partial charge in [0.1, 0.15) is 23.7 Å². The molecule has 0 atom stereocenters. The third-order valence-corrected chi connectivity index (χ3v) is 3.02. The molecule has 1 heterocycles. The van der Waals surface area contributed by atoms with Gasteiger partial charge in [0.25, 0.3) is 11.8 Å². The van der Waals surface area contributed by atoms with Crippen molar-refractivity contribution in [1.29, 1.82) is 0 Å². The molecule has 114 valence electrons. The summed E-state index contributed by atoms with van der Waals surface area (Å²) < 4.78 is 10.7. The first kappa shape index (κ1) is 15.7. The van der Waals surface area contributed by atoms with Crippen molar-refractivity contribution in [2.75, 3.05) is 13.7 Å². The van der Waals surface area contributed by atoms with Crippen molar-refractivity contribution in [1.82, 2.24) is 10.6 Å². The fourth-order valence-corrected chi connectivity index (χ4v) is 1.98. The summed E-state index contributed by atoms with van der Waals surface area (Å²) >= 11 is 4.75. The Morgan fingerprint density at radius 2 is 1.95 bits per heavy atom. The second kappa shape index (κ2) is 6.86. The predicted molar refractivity (Wildman–Crippen MR) is 85.5 cm³/mol. The van der Waals surface area contributed by atoms with Crippen LogP contribution in [0.4, 0.5) is 0 Å². The molecule has 0 spiro atoms. The maximum atomic E-state index is 11.9. The highest BCUT2D eigenvalue weighted by molar-refractivity contribution is 7.80. The lowest BCUT2D eigenvalue weighted by Gasteiger charge is -2.17. The van der Waals surface area contributed by atoms with Gasteiger partial charge in [-0.25, -0.2) is 0 Å². The summed E-state index contributed by atoms with van der Waals surface area (Å²) in [5, 5.41) is 4.74. The van der Waals surface area contributed by atoms with Gasteiger partial charge in [0.05, 0.1) is 7.11 Å². The first-order valence-electron chi connectivity index (χ1n) is 6.35. The molecule has 1 aromatic rings. The second-order valence-corrected chi connectivity index (χ2v) is 4.71. The molecule has 22 heavy (non-hydrogen) atoms. The molecule has 0 aliphatic carbocycles. The quantitative estimate of drug-likeness (QED) is 0.369. The number of carbonyl (C=O) groups excluding carboxylic acids is 2. The average Bonchev–Trinajstić information content (AvgIpc) is 2.49. The van der Waals surface area contributed by atoms with Crippen LogP contribution in [0.2, 0.25) is 0 Å². The Kier molecular flexibility index (Phi) is 4.90. The highest BCUT2D eigenvalue weighted by Crippen LogP contribution is 2.27. The van der Waals surface area contributed by atoms with Crippen molar-refractivity contribution in [2.24, 2.45) is 0 Å². The van der Waals surface area contributed by atoms with Gasteiger partial charge in [-0.3, -0.25) is 20.2 Å². The van der Waals surface area contributed by atoms with Crippen LogP contribution in [-0.4, -0.2) is 30.6 Å². The number of thiocarbonyl (C=S) groups is 1. The third-order valence-electron chi connectivity index (χ3n) is 2.82. The number of hydrogen-bond donors (Lipinski definition) is 2. The van der Waals surface area contributed by atoms with Crippen molar-refractivity contribution in [3.8, 4) is 11.5 Å². The van der Waals surface area contributed by atoms with Crippen LogP contribution in [0.25, 0.3) is 6.08 Å². The number of hydrogen-bond acceptors (Lipinski definition) is 5. The molecule has 1 aliphatic heterocycles. The van der Waals surface area contributed by atoms with Crippen LogP contribution < -0.4 is 20.1 Å². The van der Waals surface area contributed by atoms with E-state index in [0.717, 1.165) is 0 Å². The molecule has 0 aromatic heterocycles. The fourth-order valence-electron chi connectivity index (χ4n) is 1.80. The molecule has 2 amide bonds. The van der Waals surface area contributed by atoms with E-state index >= 15 is 0 Å². The summed E-state index contributed by atoms with van der Waals surface area (Å²) in [5.41, 5.74) is 0.512. The van der Waals surface area contributed by atoms with Gasteiger partial charge < -0.3 is 9.47 Å². The van der Waals surface area contributed by atoms with Crippen molar-refractivity contribution >= 4 is 35.2 Å². The van der Waals surface area contributed by atoms with Crippen LogP contribution >= 0.6 is 12.2 Å². The molecule has 2 N–H and O–H groups in total. The van der Waals surface area contributed by atoms with Crippen LogP contribution in [0.15, 0.2) is 36.4 Å². The monoisotopic (exact) mass is 318 g/mol. The maximum Gasteiger partial charge on any atom is 0.263 e. The van der Waals surface area contributed by atoms with E-state index in [0.29, 0.717) is 17.1 Å². The van der Waals surface area contributed by atoms with E-state index in [1.165, 1.54) is 13.2 Å². The Hall–Kier alpha value is -2.67. The summed E-state index contributed by atoms with van der Waals surface area (Å²) in [5.74, 6) is -0.0427. The minimum absolute atomic E-state index is 0.00925. The third kappa shape index (κ3) is 3.50. The molecule has 0 radical (unpaired) electrons. The molecular weight excluding hydrogens is 304 g/mol. The predicted octanol–water partition coefficient (Wildman–Crippen LogP) is 1.17. The minimum Gasteiger partial charge on any atom is -0.497 e. The maximum absolute atomic E-state index is 11.9. The fraction of sp³-hybridized carbons (Fsp3) is 0.133. The summed E-state index contributed by atoms with van der Waals surface area (Å²) in [7, 11) is 1.54. The zero-order valence-electron chi connectivity index (χ0n) is 11.8. The van der Waals surface area contributed by atoms with Gasteiger partial charge in [0, 0.05) is 11.6 Å². The first-order valence-corrected chi connectivity index (χ1v) is 6.76. The van der Waals surface area contributed by atoms with E-state index in [4.69, 9.17) is 21.7 Å². The van der Waals surface area contributed by atoms with E-state index in [2.05, 4.69) is 17.2 Å². The molecule has 2 rings (SSSR count). The van der Waals surface area contributed by atoms with Gasteiger partial charge in [0.15, 0.2) is 5.11 Å². The van der Waals surface area contributed by atoms with Gasteiger partial charge in [-0.05, 0) is 30.4 Å². The molecule has 0 unspecified atom stereocenters. The largest absolute Gasteiger partial charge is 0.497 e. The Morgan fingerprint density at radius 3 is 2.55 bits per heavy atom. The highest BCUT2D eigenvalue weighted by atomic mass is 32.1. The summed E-state index contributed by atoms with van der Waals surface area (Å²) in [6, 6.07) is 5.06. The highest BCUT2D eigenvalue weighted by Gasteiger charge is 2.26. The number of nitrogens with one attached hydrogen (secondary N) is 2. The van der Waals surface area contributed by atoms with Crippen LogP contribution in [0.1, 0.15) is 5.56 Å². The molecule has 0 saturated carbocycles. The Labute approximate surface area is 132 Å². The Bertz CT molecular complexity index is 660. The van der Waals surface area contributed by atoms with Crippen LogP contribution in [0, 0.1) is 0 Å². The lowest BCUT2D eigenvalue weighted by Crippen LogP contribution is -2.51. The molecule has 6 nitrogen and oxygen atoms in total. The molecule has 1 aliphatic rings. The lowest BCUT2D eigenvalue weighted by atomic mass is 10.1. The Balaban J connectivity index is 2.40. The number of methoxy groups -OCH3 is 1. The SMILES string of the molecule is C=CCOc1cc(OC)ccc1C=C1C(=O)NC(=S)NC1=O. The van der Waals surface area contributed by atoms with E-state index in [1.54, 1.807) is 24.3 Å². The molecule has 7 heteroatoms. The number of benzene rings is 1. The van der Waals surface area contributed by atoms with Crippen molar-refractivity contribution in [2.45, 2.75) is 0 Å². The summed E-state index contributed by atoms with van der Waals surface area (Å²) in [6.07, 6.45) is 3.03. The van der Waals surface area contributed by atoms with Crippen LogP contribution in [0.3, 0.4) is 0 Å². The van der Waals surface area contributed by atoms with Crippen molar-refractivity contribution < 1.29 is 19.1 Å². The lowest BCUT2D eigenvalue weighted by molar-refractivity contribution is -0.123. The van der Waals surface area contributed by atoms with Crippen molar-refractivity contribution in [3.63, 3.8) is 0 Å². The normalized spacial score (nSPS) is 14.0. The van der Waals surface area contributed by atoms with Gasteiger partial charge in [-0.2, -0.15) is 0 Å². The molecular formula is C15H14N2O4S. The minimum atomic E-state index is -0.556. The molecule has 1 saturated heterocycles. The number of ether oxygens (including phenoxy) is 2. The second-order valence-electron chi connectivity index (χ2n) is 4.30. The topological polar surface area (TPSA) is 76.7 Å². The summed E-state index contributed by atoms with van der Waals surface area (Å²) in [4.78, 5) is 23.7. The van der Waals surface area contributed by atoms with E-state index in [9.17, 15) is 9.59 Å². The van der Waals surface area contributed by atoms with Crippen LogP contribution in [-0.2, 0) is 9.59 Å². The summed E-state index contributed by atoms with van der Waals surface area (Å²) in [6.45, 7) is 3.87. The van der Waals surface area contributed by atoms with Gasteiger partial charge >= 0.3 is 0 Å². The Morgan fingerprint density at radius 1 is 1.27 bits per heavy atom. The number of carbonyl (C=O) groups is 2. The first-order chi connectivity index (χ1) is 10.5. The van der Waals surface area contributed by atoms with E-state index in [1.807, 2.05) is 0 Å². The molecule has 1 aromatic carbocycles. The van der Waals surface area contributed by atoms with E-state index in [-0.39, 0.29) is 17.3 Å². The smallest absolute Gasteiger partial charge is 0.263 e.